The molecule has 156 valence electrons. The highest BCUT2D eigenvalue weighted by Crippen LogP contribution is 2.24. The van der Waals surface area contributed by atoms with Gasteiger partial charge in [0, 0.05) is 5.56 Å². The molecule has 0 radical (unpaired) electrons. The molecule has 0 saturated heterocycles. The lowest BCUT2D eigenvalue weighted by atomic mass is 10.1. The standard InChI is InChI=1S/C23H23FN2O3S/c1-17(19-8-4-3-5-9-19)25-23(27)20-14-12-18(13-15-20)16-26(30(2,28)29)22-11-7-6-10-21(22)24/h3-15,17H,16H2,1-2H3,(H,25,27)/t17-/m0/s1. The number of nitrogens with zero attached hydrogens (tertiary/aromatic N) is 1. The Hall–Kier alpha value is -3.19. The van der Waals surface area contributed by atoms with Gasteiger partial charge < -0.3 is 5.32 Å². The van der Waals surface area contributed by atoms with Gasteiger partial charge in [-0.15, -0.1) is 0 Å². The number of para-hydroxylation sites is 1. The summed E-state index contributed by atoms with van der Waals surface area (Å²) in [6.45, 7) is 1.86. The molecule has 0 unspecified atom stereocenters. The van der Waals surface area contributed by atoms with Crippen LogP contribution in [0.5, 0.6) is 0 Å². The maximum Gasteiger partial charge on any atom is 0.251 e. The molecule has 3 rings (SSSR count). The van der Waals surface area contributed by atoms with Crippen molar-refractivity contribution >= 4 is 21.6 Å². The Balaban J connectivity index is 1.74. The van der Waals surface area contributed by atoms with Crippen LogP contribution in [-0.2, 0) is 16.6 Å². The Morgan fingerprint density at radius 3 is 2.17 bits per heavy atom. The molecule has 3 aromatic rings. The van der Waals surface area contributed by atoms with Crippen molar-refractivity contribution in [2.24, 2.45) is 0 Å². The van der Waals surface area contributed by atoms with Crippen molar-refractivity contribution in [3.8, 4) is 0 Å². The lowest BCUT2D eigenvalue weighted by molar-refractivity contribution is 0.0940. The van der Waals surface area contributed by atoms with E-state index in [9.17, 15) is 17.6 Å². The summed E-state index contributed by atoms with van der Waals surface area (Å²) in [6.07, 6.45) is 1.03. The van der Waals surface area contributed by atoms with Crippen LogP contribution in [0.3, 0.4) is 0 Å². The molecule has 0 fully saturated rings. The van der Waals surface area contributed by atoms with Gasteiger partial charge in [0.1, 0.15) is 5.82 Å². The average Bonchev–Trinajstić information content (AvgIpc) is 2.73. The van der Waals surface area contributed by atoms with Gasteiger partial charge in [0.05, 0.1) is 24.5 Å². The molecule has 0 spiro atoms. The molecule has 0 aliphatic rings. The number of halogens is 1. The summed E-state index contributed by atoms with van der Waals surface area (Å²) >= 11 is 0. The van der Waals surface area contributed by atoms with Crippen LogP contribution in [0.1, 0.15) is 34.5 Å². The summed E-state index contributed by atoms with van der Waals surface area (Å²) in [6, 6.07) is 21.8. The third-order valence-corrected chi connectivity index (χ3v) is 5.84. The van der Waals surface area contributed by atoms with Crippen molar-refractivity contribution in [3.63, 3.8) is 0 Å². The summed E-state index contributed by atoms with van der Waals surface area (Å²) in [5, 5.41) is 2.94. The summed E-state index contributed by atoms with van der Waals surface area (Å²) in [5.74, 6) is -0.846. The van der Waals surface area contributed by atoms with E-state index in [0.717, 1.165) is 16.1 Å². The molecule has 0 aliphatic heterocycles. The fraction of sp³-hybridized carbons (Fsp3) is 0.174. The van der Waals surface area contributed by atoms with Crippen molar-refractivity contribution in [2.45, 2.75) is 19.5 Å². The largest absolute Gasteiger partial charge is 0.346 e. The van der Waals surface area contributed by atoms with Crippen molar-refractivity contribution in [1.82, 2.24) is 5.32 Å². The minimum absolute atomic E-state index is 0.0153. The van der Waals surface area contributed by atoms with Crippen LogP contribution in [0.4, 0.5) is 10.1 Å². The van der Waals surface area contributed by atoms with Gasteiger partial charge in [-0.25, -0.2) is 12.8 Å². The first-order chi connectivity index (χ1) is 14.3. The van der Waals surface area contributed by atoms with E-state index in [1.165, 1.54) is 18.2 Å². The minimum Gasteiger partial charge on any atom is -0.346 e. The highest BCUT2D eigenvalue weighted by atomic mass is 32.2. The van der Waals surface area contributed by atoms with Gasteiger partial charge >= 0.3 is 0 Å². The SMILES string of the molecule is C[C@H](NC(=O)c1ccc(CN(c2ccccc2F)S(C)(=O)=O)cc1)c1ccccc1. The number of hydrogen-bond donors (Lipinski definition) is 1. The molecule has 1 amide bonds. The Labute approximate surface area is 176 Å². The molecular weight excluding hydrogens is 403 g/mol. The third kappa shape index (κ3) is 5.24. The van der Waals surface area contributed by atoms with E-state index in [1.54, 1.807) is 30.3 Å². The molecule has 3 aromatic carbocycles. The number of rotatable bonds is 7. The summed E-state index contributed by atoms with van der Waals surface area (Å²) < 4.78 is 39.6. The topological polar surface area (TPSA) is 66.5 Å². The smallest absolute Gasteiger partial charge is 0.251 e. The van der Waals surface area contributed by atoms with E-state index in [2.05, 4.69) is 5.32 Å². The van der Waals surface area contributed by atoms with Crippen LogP contribution in [0.15, 0.2) is 78.9 Å². The average molecular weight is 427 g/mol. The first-order valence-electron chi connectivity index (χ1n) is 9.42. The minimum atomic E-state index is -3.70. The van der Waals surface area contributed by atoms with Gasteiger partial charge in [0.2, 0.25) is 10.0 Å². The highest BCUT2D eigenvalue weighted by Gasteiger charge is 2.21. The molecule has 0 bridgehead atoms. The molecule has 1 N–H and O–H groups in total. The highest BCUT2D eigenvalue weighted by molar-refractivity contribution is 7.92. The van der Waals surface area contributed by atoms with Crippen LogP contribution in [0.2, 0.25) is 0 Å². The maximum absolute atomic E-state index is 14.1. The zero-order valence-electron chi connectivity index (χ0n) is 16.7. The molecule has 1 atom stereocenters. The molecular formula is C23H23FN2O3S. The van der Waals surface area contributed by atoms with Crippen molar-refractivity contribution < 1.29 is 17.6 Å². The zero-order valence-corrected chi connectivity index (χ0v) is 17.6. The lowest BCUT2D eigenvalue weighted by Gasteiger charge is -2.23. The molecule has 30 heavy (non-hydrogen) atoms. The number of amides is 1. The first-order valence-corrected chi connectivity index (χ1v) is 11.3. The number of hydrogen-bond acceptors (Lipinski definition) is 3. The van der Waals surface area contributed by atoms with E-state index < -0.39 is 15.8 Å². The molecule has 7 heteroatoms. The summed E-state index contributed by atoms with van der Waals surface area (Å²) in [7, 11) is -3.70. The normalized spacial score (nSPS) is 12.2. The molecule has 0 aliphatic carbocycles. The molecule has 0 heterocycles. The Morgan fingerprint density at radius 1 is 0.967 bits per heavy atom. The van der Waals surface area contributed by atoms with Gasteiger partial charge in [-0.1, -0.05) is 54.6 Å². The Kier molecular flexibility index (Phi) is 6.52. The van der Waals surface area contributed by atoms with E-state index in [1.807, 2.05) is 37.3 Å². The number of sulfonamides is 1. The third-order valence-electron chi connectivity index (χ3n) is 4.71. The van der Waals surface area contributed by atoms with Crippen LogP contribution in [0, 0.1) is 5.82 Å². The van der Waals surface area contributed by atoms with Gasteiger partial charge in [0.25, 0.3) is 5.91 Å². The summed E-state index contributed by atoms with van der Waals surface area (Å²) in [5.41, 5.74) is 2.07. The predicted octanol–water partition coefficient (Wildman–Crippen LogP) is 4.28. The maximum atomic E-state index is 14.1. The molecule has 5 nitrogen and oxygen atoms in total. The number of nitrogens with one attached hydrogen (secondary N) is 1. The van der Waals surface area contributed by atoms with E-state index >= 15 is 0 Å². The van der Waals surface area contributed by atoms with Crippen LogP contribution in [0.25, 0.3) is 0 Å². The number of carbonyl (C=O) groups is 1. The monoisotopic (exact) mass is 426 g/mol. The fourth-order valence-electron chi connectivity index (χ4n) is 3.07. The van der Waals surface area contributed by atoms with E-state index in [-0.39, 0.29) is 24.2 Å². The number of carbonyl (C=O) groups excluding carboxylic acids is 1. The van der Waals surface area contributed by atoms with Crippen LogP contribution < -0.4 is 9.62 Å². The molecule has 0 aromatic heterocycles. The Morgan fingerprint density at radius 2 is 1.57 bits per heavy atom. The quantitative estimate of drug-likeness (QED) is 0.613. The Bertz CT molecular complexity index is 1120. The summed E-state index contributed by atoms with van der Waals surface area (Å²) in [4.78, 5) is 12.5. The van der Waals surface area contributed by atoms with E-state index in [4.69, 9.17) is 0 Å². The van der Waals surface area contributed by atoms with Gasteiger partial charge in [-0.2, -0.15) is 0 Å². The van der Waals surface area contributed by atoms with Crippen molar-refractivity contribution in [1.29, 1.82) is 0 Å². The van der Waals surface area contributed by atoms with Gasteiger partial charge in [-0.05, 0) is 42.3 Å². The van der Waals surface area contributed by atoms with E-state index in [0.29, 0.717) is 11.1 Å². The van der Waals surface area contributed by atoms with Gasteiger partial charge in [-0.3, -0.25) is 9.10 Å². The predicted molar refractivity (Wildman–Crippen MR) is 116 cm³/mol. The van der Waals surface area contributed by atoms with Gasteiger partial charge in [0.15, 0.2) is 0 Å². The second-order valence-corrected chi connectivity index (χ2v) is 8.93. The number of benzene rings is 3. The first kappa shape index (κ1) is 21.5. The number of anilines is 1. The van der Waals surface area contributed by atoms with Crippen molar-refractivity contribution in [3.05, 3.63) is 101 Å². The second kappa shape index (κ2) is 9.09. The van der Waals surface area contributed by atoms with Crippen LogP contribution >= 0.6 is 0 Å². The van der Waals surface area contributed by atoms with Crippen LogP contribution in [-0.4, -0.2) is 20.6 Å². The lowest BCUT2D eigenvalue weighted by Crippen LogP contribution is -2.30. The second-order valence-electron chi connectivity index (χ2n) is 7.02. The fourth-order valence-corrected chi connectivity index (χ4v) is 3.96. The molecule has 0 saturated carbocycles. The van der Waals surface area contributed by atoms with Crippen molar-refractivity contribution in [2.75, 3.05) is 10.6 Å². The zero-order chi connectivity index (χ0) is 21.7.